The van der Waals surface area contributed by atoms with Crippen molar-refractivity contribution in [3.05, 3.63) is 29.8 Å². The Kier molecular flexibility index (Phi) is 4.57. The lowest BCUT2D eigenvalue weighted by molar-refractivity contribution is 0.251. The summed E-state index contributed by atoms with van der Waals surface area (Å²) in [5, 5.41) is 3.57. The topological polar surface area (TPSA) is 49.4 Å². The van der Waals surface area contributed by atoms with E-state index in [-0.39, 0.29) is 6.04 Å². The minimum Gasteiger partial charge on any atom is -0.311 e. The van der Waals surface area contributed by atoms with Crippen LogP contribution in [-0.4, -0.2) is 37.9 Å². The van der Waals surface area contributed by atoms with Gasteiger partial charge in [-0.25, -0.2) is 8.42 Å². The number of hydrogen-bond acceptors (Lipinski definition) is 3. The second-order valence-corrected chi connectivity index (χ2v) is 8.68. The fourth-order valence-electron chi connectivity index (χ4n) is 3.80. The molecule has 0 saturated carbocycles. The van der Waals surface area contributed by atoms with Gasteiger partial charge in [0.1, 0.15) is 0 Å². The Labute approximate surface area is 134 Å². The van der Waals surface area contributed by atoms with Crippen LogP contribution in [0.4, 0.5) is 0 Å². The van der Waals surface area contributed by atoms with E-state index in [9.17, 15) is 8.42 Å². The van der Waals surface area contributed by atoms with Gasteiger partial charge in [-0.2, -0.15) is 4.31 Å². The zero-order valence-corrected chi connectivity index (χ0v) is 14.3. The second kappa shape index (κ2) is 6.30. The fraction of sp³-hybridized carbons (Fsp3) is 0.647. The molecule has 1 aromatic rings. The van der Waals surface area contributed by atoms with Crippen molar-refractivity contribution in [3.63, 3.8) is 0 Å². The van der Waals surface area contributed by atoms with E-state index in [2.05, 4.69) is 12.2 Å². The molecule has 0 radical (unpaired) electrons. The summed E-state index contributed by atoms with van der Waals surface area (Å²) < 4.78 is 27.3. The van der Waals surface area contributed by atoms with Gasteiger partial charge in [-0.05, 0) is 49.8 Å². The highest BCUT2D eigenvalue weighted by Gasteiger charge is 2.38. The molecule has 2 heterocycles. The van der Waals surface area contributed by atoms with E-state index in [1.807, 2.05) is 12.1 Å². The van der Waals surface area contributed by atoms with Gasteiger partial charge in [0.15, 0.2) is 0 Å². The first kappa shape index (κ1) is 16.0. The summed E-state index contributed by atoms with van der Waals surface area (Å²) in [6.45, 7) is 2.13. The minimum atomic E-state index is -3.38. The molecule has 2 aliphatic heterocycles. The molecule has 1 N–H and O–H groups in total. The summed E-state index contributed by atoms with van der Waals surface area (Å²) >= 11 is 0. The molecule has 3 rings (SSSR count). The summed E-state index contributed by atoms with van der Waals surface area (Å²) in [5.41, 5.74) is 1.20. The number of benzene rings is 1. The van der Waals surface area contributed by atoms with Gasteiger partial charge in [-0.15, -0.1) is 0 Å². The third-order valence-electron chi connectivity index (χ3n) is 5.10. The van der Waals surface area contributed by atoms with Gasteiger partial charge in [0.25, 0.3) is 0 Å². The van der Waals surface area contributed by atoms with Gasteiger partial charge in [-0.3, -0.25) is 0 Å². The lowest BCUT2D eigenvalue weighted by Gasteiger charge is -2.34. The van der Waals surface area contributed by atoms with Gasteiger partial charge in [0.2, 0.25) is 10.0 Å². The summed E-state index contributed by atoms with van der Waals surface area (Å²) in [7, 11) is -1.64. The lowest BCUT2D eigenvalue weighted by atomic mass is 10.0. The molecule has 0 aromatic heterocycles. The van der Waals surface area contributed by atoms with Crippen LogP contribution in [0.2, 0.25) is 0 Å². The SMILES string of the molecule is CCCc1ccc(S(=O)(=O)N(C)C2CC3CCC(C2)N3)cc1. The van der Waals surface area contributed by atoms with Crippen molar-refractivity contribution in [1.82, 2.24) is 9.62 Å². The van der Waals surface area contributed by atoms with Crippen molar-refractivity contribution in [2.24, 2.45) is 0 Å². The molecule has 2 atom stereocenters. The standard InChI is InChI=1S/C17H26N2O2S/c1-3-4-13-5-9-17(10-6-13)22(20,21)19(2)16-11-14-7-8-15(12-16)18-14/h5-6,9-10,14-16,18H,3-4,7-8,11-12H2,1-2H3. The first-order valence-electron chi connectivity index (χ1n) is 8.33. The smallest absolute Gasteiger partial charge is 0.243 e. The highest BCUT2D eigenvalue weighted by Crippen LogP contribution is 2.31. The molecule has 0 amide bonds. The van der Waals surface area contributed by atoms with Gasteiger partial charge in [0, 0.05) is 25.2 Å². The van der Waals surface area contributed by atoms with Crippen molar-refractivity contribution in [3.8, 4) is 0 Å². The molecule has 2 aliphatic rings. The summed E-state index contributed by atoms with van der Waals surface area (Å²) in [5.74, 6) is 0. The molecule has 2 fully saturated rings. The molecule has 1 aromatic carbocycles. The van der Waals surface area contributed by atoms with Crippen molar-refractivity contribution in [2.45, 2.75) is 68.5 Å². The lowest BCUT2D eigenvalue weighted by Crippen LogP contribution is -2.48. The largest absolute Gasteiger partial charge is 0.311 e. The van der Waals surface area contributed by atoms with E-state index in [0.717, 1.165) is 25.7 Å². The molecule has 2 saturated heterocycles. The first-order valence-corrected chi connectivity index (χ1v) is 9.77. The molecule has 2 unspecified atom stereocenters. The molecule has 0 spiro atoms. The van der Waals surface area contributed by atoms with Crippen LogP contribution >= 0.6 is 0 Å². The van der Waals surface area contributed by atoms with Crippen LogP contribution in [0.3, 0.4) is 0 Å². The van der Waals surface area contributed by atoms with Gasteiger partial charge >= 0.3 is 0 Å². The molecular formula is C17H26N2O2S. The van der Waals surface area contributed by atoms with Gasteiger partial charge in [-0.1, -0.05) is 25.5 Å². The number of nitrogens with zero attached hydrogens (tertiary/aromatic N) is 1. The minimum absolute atomic E-state index is 0.124. The average molecular weight is 322 g/mol. The third-order valence-corrected chi connectivity index (χ3v) is 7.03. The maximum absolute atomic E-state index is 12.8. The first-order chi connectivity index (χ1) is 10.5. The average Bonchev–Trinajstić information content (AvgIpc) is 2.85. The Morgan fingerprint density at radius 1 is 1.14 bits per heavy atom. The normalized spacial score (nSPS) is 28.2. The maximum Gasteiger partial charge on any atom is 0.243 e. The molecule has 22 heavy (non-hydrogen) atoms. The molecule has 122 valence electrons. The number of piperidine rings is 1. The van der Waals surface area contributed by atoms with E-state index in [0.29, 0.717) is 17.0 Å². The van der Waals surface area contributed by atoms with E-state index in [1.54, 1.807) is 23.5 Å². The second-order valence-electron chi connectivity index (χ2n) is 6.68. The van der Waals surface area contributed by atoms with Gasteiger partial charge in [0.05, 0.1) is 4.90 Å². The van der Waals surface area contributed by atoms with Crippen LogP contribution in [0.1, 0.15) is 44.6 Å². The van der Waals surface area contributed by atoms with Crippen molar-refractivity contribution < 1.29 is 8.42 Å². The van der Waals surface area contributed by atoms with Crippen LogP contribution in [0.25, 0.3) is 0 Å². The molecule has 0 aliphatic carbocycles. The van der Waals surface area contributed by atoms with Crippen LogP contribution in [0.15, 0.2) is 29.2 Å². The predicted octanol–water partition coefficient (Wildman–Crippen LogP) is 2.54. The summed E-state index contributed by atoms with van der Waals surface area (Å²) in [4.78, 5) is 0.417. The number of hydrogen-bond donors (Lipinski definition) is 1. The monoisotopic (exact) mass is 322 g/mol. The Balaban J connectivity index is 1.76. The van der Waals surface area contributed by atoms with E-state index in [4.69, 9.17) is 0 Å². The highest BCUT2D eigenvalue weighted by atomic mass is 32.2. The van der Waals surface area contributed by atoms with E-state index in [1.165, 1.54) is 18.4 Å². The van der Waals surface area contributed by atoms with Gasteiger partial charge < -0.3 is 5.32 Å². The van der Waals surface area contributed by atoms with Crippen molar-refractivity contribution in [2.75, 3.05) is 7.05 Å². The zero-order chi connectivity index (χ0) is 15.7. The highest BCUT2D eigenvalue weighted by molar-refractivity contribution is 7.89. The Morgan fingerprint density at radius 3 is 2.27 bits per heavy atom. The van der Waals surface area contributed by atoms with E-state index < -0.39 is 10.0 Å². The van der Waals surface area contributed by atoms with Crippen LogP contribution in [0.5, 0.6) is 0 Å². The Morgan fingerprint density at radius 2 is 1.73 bits per heavy atom. The quantitative estimate of drug-likeness (QED) is 0.906. The fourth-order valence-corrected chi connectivity index (χ4v) is 5.18. The molecule has 5 heteroatoms. The third kappa shape index (κ3) is 3.07. The number of sulfonamides is 1. The summed E-state index contributed by atoms with van der Waals surface area (Å²) in [6.07, 6.45) is 6.29. The molecule has 4 nitrogen and oxygen atoms in total. The number of aryl methyl sites for hydroxylation is 1. The van der Waals surface area contributed by atoms with Crippen molar-refractivity contribution in [1.29, 1.82) is 0 Å². The summed E-state index contributed by atoms with van der Waals surface area (Å²) in [6, 6.07) is 8.51. The number of rotatable bonds is 5. The Bertz CT molecular complexity index is 600. The predicted molar refractivity (Wildman–Crippen MR) is 88.4 cm³/mol. The van der Waals surface area contributed by atoms with Crippen LogP contribution < -0.4 is 5.32 Å². The maximum atomic E-state index is 12.8. The van der Waals surface area contributed by atoms with Crippen LogP contribution in [-0.2, 0) is 16.4 Å². The Hall–Kier alpha value is -0.910. The zero-order valence-electron chi connectivity index (χ0n) is 13.5. The number of fused-ring (bicyclic) bond motifs is 2. The molecular weight excluding hydrogens is 296 g/mol. The number of nitrogens with one attached hydrogen (secondary N) is 1. The molecule has 2 bridgehead atoms. The van der Waals surface area contributed by atoms with E-state index >= 15 is 0 Å². The van der Waals surface area contributed by atoms with Crippen molar-refractivity contribution >= 4 is 10.0 Å². The van der Waals surface area contributed by atoms with Crippen LogP contribution in [0, 0.1) is 0 Å².